The van der Waals surface area contributed by atoms with E-state index in [1.807, 2.05) is 31.3 Å². The molecule has 0 aliphatic heterocycles. The van der Waals surface area contributed by atoms with Gasteiger partial charge in [-0.05, 0) is 19.1 Å². The number of nitrogens with zero attached hydrogens (tertiary/aromatic N) is 2. The Labute approximate surface area is 99.4 Å². The standard InChI is InChI=1S/C12H15N3S/c1-9-8-16-12(15-9)10(7-13)6-11-4-2-3-5-14-11/h2-5,8,10H,6-7,13H2,1H3. The molecule has 84 valence electrons. The van der Waals surface area contributed by atoms with Crippen molar-refractivity contribution in [3.8, 4) is 0 Å². The van der Waals surface area contributed by atoms with Crippen LogP contribution in [0.5, 0.6) is 0 Å². The number of aryl methyl sites for hydroxylation is 1. The van der Waals surface area contributed by atoms with Crippen LogP contribution in [0.4, 0.5) is 0 Å². The lowest BCUT2D eigenvalue weighted by molar-refractivity contribution is 0.675. The highest BCUT2D eigenvalue weighted by atomic mass is 32.1. The molecular weight excluding hydrogens is 218 g/mol. The van der Waals surface area contributed by atoms with Crippen LogP contribution in [0.2, 0.25) is 0 Å². The first-order chi connectivity index (χ1) is 7.79. The van der Waals surface area contributed by atoms with Gasteiger partial charge in [0.25, 0.3) is 0 Å². The first-order valence-electron chi connectivity index (χ1n) is 5.31. The van der Waals surface area contributed by atoms with Crippen molar-refractivity contribution in [1.82, 2.24) is 9.97 Å². The smallest absolute Gasteiger partial charge is 0.0975 e. The minimum atomic E-state index is 0.286. The van der Waals surface area contributed by atoms with E-state index in [2.05, 4.69) is 15.3 Å². The van der Waals surface area contributed by atoms with E-state index >= 15 is 0 Å². The predicted octanol–water partition coefficient (Wildman–Crippen LogP) is 2.13. The number of aromatic nitrogens is 2. The minimum absolute atomic E-state index is 0.286. The highest BCUT2D eigenvalue weighted by Gasteiger charge is 2.14. The summed E-state index contributed by atoms with van der Waals surface area (Å²) in [6, 6.07) is 5.96. The molecule has 2 rings (SSSR count). The maximum absolute atomic E-state index is 5.80. The number of pyridine rings is 1. The first kappa shape index (κ1) is 11.2. The summed E-state index contributed by atoms with van der Waals surface area (Å²) in [5.41, 5.74) is 7.94. The van der Waals surface area contributed by atoms with Crippen molar-refractivity contribution < 1.29 is 0 Å². The summed E-state index contributed by atoms with van der Waals surface area (Å²) in [6.45, 7) is 2.62. The molecule has 0 bridgehead atoms. The highest BCUT2D eigenvalue weighted by Crippen LogP contribution is 2.22. The Morgan fingerprint density at radius 1 is 1.44 bits per heavy atom. The quantitative estimate of drug-likeness (QED) is 0.880. The molecule has 4 heteroatoms. The van der Waals surface area contributed by atoms with Gasteiger partial charge in [0, 0.05) is 41.8 Å². The van der Waals surface area contributed by atoms with Crippen LogP contribution in [0.3, 0.4) is 0 Å². The largest absolute Gasteiger partial charge is 0.330 e. The van der Waals surface area contributed by atoms with Crippen molar-refractivity contribution >= 4 is 11.3 Å². The summed E-state index contributed by atoms with van der Waals surface area (Å²) >= 11 is 1.68. The fourth-order valence-corrected chi connectivity index (χ4v) is 2.52. The Balaban J connectivity index is 2.12. The van der Waals surface area contributed by atoms with E-state index in [0.717, 1.165) is 22.8 Å². The molecule has 0 radical (unpaired) electrons. The van der Waals surface area contributed by atoms with Crippen molar-refractivity contribution in [1.29, 1.82) is 0 Å². The zero-order valence-electron chi connectivity index (χ0n) is 9.26. The van der Waals surface area contributed by atoms with Crippen molar-refractivity contribution in [2.45, 2.75) is 19.3 Å². The predicted molar refractivity (Wildman–Crippen MR) is 66.6 cm³/mol. The molecule has 2 heterocycles. The van der Waals surface area contributed by atoms with Crippen LogP contribution >= 0.6 is 11.3 Å². The Bertz CT molecular complexity index is 439. The molecule has 2 aromatic heterocycles. The summed E-state index contributed by atoms with van der Waals surface area (Å²) in [6.07, 6.45) is 2.68. The van der Waals surface area contributed by atoms with E-state index in [0.29, 0.717) is 6.54 Å². The van der Waals surface area contributed by atoms with Gasteiger partial charge >= 0.3 is 0 Å². The van der Waals surface area contributed by atoms with E-state index in [1.165, 1.54) is 0 Å². The van der Waals surface area contributed by atoms with Gasteiger partial charge in [0.15, 0.2) is 0 Å². The van der Waals surface area contributed by atoms with Crippen LogP contribution in [0.25, 0.3) is 0 Å². The molecule has 1 atom stereocenters. The molecule has 0 saturated carbocycles. The zero-order valence-corrected chi connectivity index (χ0v) is 10.1. The number of hydrogen-bond donors (Lipinski definition) is 1. The zero-order chi connectivity index (χ0) is 11.4. The van der Waals surface area contributed by atoms with Crippen LogP contribution < -0.4 is 5.73 Å². The van der Waals surface area contributed by atoms with Crippen molar-refractivity contribution in [3.63, 3.8) is 0 Å². The number of hydrogen-bond acceptors (Lipinski definition) is 4. The fourth-order valence-electron chi connectivity index (χ4n) is 1.60. The molecule has 2 aromatic rings. The molecular formula is C12H15N3S. The van der Waals surface area contributed by atoms with Gasteiger partial charge in [0.1, 0.15) is 0 Å². The summed E-state index contributed by atoms with van der Waals surface area (Å²) in [5, 5.41) is 3.18. The van der Waals surface area contributed by atoms with Gasteiger partial charge in [-0.2, -0.15) is 0 Å². The summed E-state index contributed by atoms with van der Waals surface area (Å²) < 4.78 is 0. The average molecular weight is 233 g/mol. The molecule has 0 saturated heterocycles. The van der Waals surface area contributed by atoms with Gasteiger partial charge < -0.3 is 5.73 Å². The lowest BCUT2D eigenvalue weighted by atomic mass is 10.0. The van der Waals surface area contributed by atoms with E-state index in [9.17, 15) is 0 Å². The van der Waals surface area contributed by atoms with Gasteiger partial charge in [-0.1, -0.05) is 6.07 Å². The highest BCUT2D eigenvalue weighted by molar-refractivity contribution is 7.09. The minimum Gasteiger partial charge on any atom is -0.330 e. The third kappa shape index (κ3) is 2.65. The molecule has 0 aliphatic carbocycles. The van der Waals surface area contributed by atoms with Crippen LogP contribution in [0.1, 0.15) is 22.3 Å². The second-order valence-corrected chi connectivity index (χ2v) is 4.67. The number of nitrogens with two attached hydrogens (primary N) is 1. The number of rotatable bonds is 4. The van der Waals surface area contributed by atoms with Crippen molar-refractivity contribution in [2.75, 3.05) is 6.54 Å². The lowest BCUT2D eigenvalue weighted by Crippen LogP contribution is -2.15. The average Bonchev–Trinajstić information content (AvgIpc) is 2.74. The van der Waals surface area contributed by atoms with Gasteiger partial charge in [-0.25, -0.2) is 4.98 Å². The topological polar surface area (TPSA) is 51.8 Å². The molecule has 0 spiro atoms. The van der Waals surface area contributed by atoms with Crippen LogP contribution in [0.15, 0.2) is 29.8 Å². The summed E-state index contributed by atoms with van der Waals surface area (Å²) in [4.78, 5) is 8.81. The molecule has 1 unspecified atom stereocenters. The van der Waals surface area contributed by atoms with Crippen LogP contribution in [0, 0.1) is 6.92 Å². The molecule has 3 nitrogen and oxygen atoms in total. The molecule has 2 N–H and O–H groups in total. The summed E-state index contributed by atoms with van der Waals surface area (Å²) in [5.74, 6) is 0.286. The SMILES string of the molecule is Cc1csc(C(CN)Cc2ccccn2)n1. The van der Waals surface area contributed by atoms with E-state index < -0.39 is 0 Å². The van der Waals surface area contributed by atoms with E-state index in [1.54, 1.807) is 11.3 Å². The molecule has 16 heavy (non-hydrogen) atoms. The van der Waals surface area contributed by atoms with Crippen molar-refractivity contribution in [3.05, 3.63) is 46.2 Å². The Kier molecular flexibility index (Phi) is 3.64. The van der Waals surface area contributed by atoms with Gasteiger partial charge in [0.05, 0.1) is 5.01 Å². The van der Waals surface area contributed by atoms with Gasteiger partial charge in [-0.3, -0.25) is 4.98 Å². The normalized spacial score (nSPS) is 12.6. The van der Waals surface area contributed by atoms with Gasteiger partial charge in [-0.15, -0.1) is 11.3 Å². The monoisotopic (exact) mass is 233 g/mol. The van der Waals surface area contributed by atoms with Crippen molar-refractivity contribution in [2.24, 2.45) is 5.73 Å². The Morgan fingerprint density at radius 2 is 2.31 bits per heavy atom. The summed E-state index contributed by atoms with van der Waals surface area (Å²) in [7, 11) is 0. The fraction of sp³-hybridized carbons (Fsp3) is 0.333. The van der Waals surface area contributed by atoms with Crippen LogP contribution in [-0.4, -0.2) is 16.5 Å². The van der Waals surface area contributed by atoms with E-state index in [-0.39, 0.29) is 5.92 Å². The van der Waals surface area contributed by atoms with Crippen LogP contribution in [-0.2, 0) is 6.42 Å². The molecule has 0 fully saturated rings. The van der Waals surface area contributed by atoms with E-state index in [4.69, 9.17) is 5.73 Å². The first-order valence-corrected chi connectivity index (χ1v) is 6.19. The molecule has 0 amide bonds. The maximum Gasteiger partial charge on any atom is 0.0975 e. The lowest BCUT2D eigenvalue weighted by Gasteiger charge is -2.10. The maximum atomic E-state index is 5.80. The third-order valence-corrected chi connectivity index (χ3v) is 3.58. The Morgan fingerprint density at radius 3 is 2.88 bits per heavy atom. The Hall–Kier alpha value is -1.26. The molecule has 0 aromatic carbocycles. The molecule has 0 aliphatic rings. The van der Waals surface area contributed by atoms with Gasteiger partial charge in [0.2, 0.25) is 0 Å². The number of thiazole rings is 1. The second-order valence-electron chi connectivity index (χ2n) is 3.78. The third-order valence-electron chi connectivity index (χ3n) is 2.45. The second kappa shape index (κ2) is 5.18.